The Bertz CT molecular complexity index is 45.8. The predicted molar refractivity (Wildman–Crippen MR) is 31.4 cm³/mol. The second-order valence-corrected chi connectivity index (χ2v) is 1.68. The van der Waals surface area contributed by atoms with Crippen LogP contribution in [0.2, 0.25) is 0 Å². The van der Waals surface area contributed by atoms with Crippen molar-refractivity contribution in [3.8, 4) is 0 Å². The third-order valence-corrected chi connectivity index (χ3v) is 0.804. The molecule has 1 atom stereocenters. The highest BCUT2D eigenvalue weighted by Gasteiger charge is 1.94. The van der Waals surface area contributed by atoms with Crippen molar-refractivity contribution in [3.63, 3.8) is 0 Å². The summed E-state index contributed by atoms with van der Waals surface area (Å²) in [6.07, 6.45) is -0.267. The van der Waals surface area contributed by atoms with Crippen LogP contribution in [-0.4, -0.2) is 19.4 Å². The van der Waals surface area contributed by atoms with E-state index in [1.807, 2.05) is 0 Å². The van der Waals surface area contributed by atoms with Crippen LogP contribution in [-0.2, 0) is 4.74 Å². The van der Waals surface area contributed by atoms with Gasteiger partial charge in [-0.3, -0.25) is 0 Å². The normalized spacial score (nSPS) is 13.9. The Morgan fingerprint density at radius 1 is 1.75 bits per heavy atom. The average Bonchev–Trinajstić information content (AvgIpc) is 1.66. The van der Waals surface area contributed by atoms with Crippen LogP contribution in [0.25, 0.3) is 0 Å². The van der Waals surface area contributed by atoms with Crippen molar-refractivity contribution in [1.82, 2.24) is 0 Å². The van der Waals surface area contributed by atoms with E-state index in [-0.39, 0.29) is 0 Å². The van der Waals surface area contributed by atoms with E-state index in [0.717, 1.165) is 0 Å². The second-order valence-electron chi connectivity index (χ2n) is 1.68. The summed E-state index contributed by atoms with van der Waals surface area (Å²) < 4.78 is 16.7. The van der Waals surface area contributed by atoms with Crippen LogP contribution < -0.4 is 0 Å². The van der Waals surface area contributed by atoms with Gasteiger partial charge in [0.2, 0.25) is 0 Å². The van der Waals surface area contributed by atoms with Crippen LogP contribution in [0.3, 0.4) is 0 Å². The number of ether oxygens (including phenoxy) is 1. The maximum atomic E-state index is 11.9. The smallest absolute Gasteiger partial charge is 0.0995 e. The molecule has 0 fully saturated rings. The van der Waals surface area contributed by atoms with Gasteiger partial charge in [-0.05, 0) is 13.8 Å². The minimum atomic E-state index is -0.749. The van der Waals surface area contributed by atoms with Gasteiger partial charge in [0.15, 0.2) is 0 Å². The molecule has 0 saturated heterocycles. The topological polar surface area (TPSA) is 9.23 Å². The Morgan fingerprint density at radius 2 is 2.38 bits per heavy atom. The van der Waals surface area contributed by atoms with Crippen LogP contribution in [0.15, 0.2) is 0 Å². The SMILES string of the molecule is [CH2]COCCC(C)F. The van der Waals surface area contributed by atoms with E-state index in [1.54, 1.807) is 0 Å². The summed E-state index contributed by atoms with van der Waals surface area (Å²) in [5.41, 5.74) is 0. The lowest BCUT2D eigenvalue weighted by molar-refractivity contribution is 0.137. The first kappa shape index (κ1) is 7.89. The lowest BCUT2D eigenvalue weighted by Gasteiger charge is -1.99. The van der Waals surface area contributed by atoms with Crippen LogP contribution in [0.5, 0.6) is 0 Å². The molecule has 0 bridgehead atoms. The molecule has 0 heterocycles. The van der Waals surface area contributed by atoms with E-state index in [4.69, 9.17) is 4.74 Å². The lowest BCUT2D eigenvalue weighted by Crippen LogP contribution is -2.00. The molecule has 0 aliphatic carbocycles. The summed E-state index contributed by atoms with van der Waals surface area (Å²) in [4.78, 5) is 0. The first-order chi connectivity index (χ1) is 3.77. The predicted octanol–water partition coefficient (Wildman–Crippen LogP) is 1.59. The number of rotatable bonds is 4. The van der Waals surface area contributed by atoms with Crippen LogP contribution >= 0.6 is 0 Å². The van der Waals surface area contributed by atoms with Crippen molar-refractivity contribution in [3.05, 3.63) is 6.92 Å². The molecule has 1 radical (unpaired) electrons. The highest BCUT2D eigenvalue weighted by Crippen LogP contribution is 1.94. The first-order valence-electron chi connectivity index (χ1n) is 2.78. The fraction of sp³-hybridized carbons (Fsp3) is 0.833. The van der Waals surface area contributed by atoms with Gasteiger partial charge in [0.25, 0.3) is 0 Å². The van der Waals surface area contributed by atoms with Gasteiger partial charge < -0.3 is 4.74 Å². The molecule has 0 saturated carbocycles. The van der Waals surface area contributed by atoms with Gasteiger partial charge in [-0.25, -0.2) is 4.39 Å². The van der Waals surface area contributed by atoms with Gasteiger partial charge >= 0.3 is 0 Å². The zero-order valence-electron chi connectivity index (χ0n) is 5.19. The summed E-state index contributed by atoms with van der Waals surface area (Å²) in [5, 5.41) is 0. The van der Waals surface area contributed by atoms with Gasteiger partial charge in [0.05, 0.1) is 6.17 Å². The summed E-state index contributed by atoms with van der Waals surface area (Å²) >= 11 is 0. The van der Waals surface area contributed by atoms with Crippen molar-refractivity contribution in [2.45, 2.75) is 19.5 Å². The zero-order chi connectivity index (χ0) is 6.41. The molecule has 49 valence electrons. The maximum absolute atomic E-state index is 11.9. The van der Waals surface area contributed by atoms with Gasteiger partial charge in [-0.1, -0.05) is 0 Å². The average molecular weight is 119 g/mol. The minimum Gasteiger partial charge on any atom is -0.381 e. The molecular formula is C6H12FO. The van der Waals surface area contributed by atoms with Crippen molar-refractivity contribution < 1.29 is 9.13 Å². The third kappa shape index (κ3) is 5.89. The molecule has 0 rings (SSSR count). The number of halogens is 1. The number of alkyl halides is 1. The Hall–Kier alpha value is -0.110. The largest absolute Gasteiger partial charge is 0.381 e. The third-order valence-electron chi connectivity index (χ3n) is 0.804. The van der Waals surface area contributed by atoms with Crippen LogP contribution in [0.1, 0.15) is 13.3 Å². The molecule has 2 heteroatoms. The molecule has 8 heavy (non-hydrogen) atoms. The maximum Gasteiger partial charge on any atom is 0.0995 e. The quantitative estimate of drug-likeness (QED) is 0.510. The van der Waals surface area contributed by atoms with Crippen molar-refractivity contribution in [2.75, 3.05) is 13.2 Å². The number of hydrogen-bond acceptors (Lipinski definition) is 1. The van der Waals surface area contributed by atoms with E-state index >= 15 is 0 Å². The fourth-order valence-corrected chi connectivity index (χ4v) is 0.348. The lowest BCUT2D eigenvalue weighted by atomic mass is 10.3. The van der Waals surface area contributed by atoms with E-state index in [0.29, 0.717) is 19.6 Å². The molecule has 0 N–H and O–H groups in total. The molecule has 0 aromatic heterocycles. The van der Waals surface area contributed by atoms with E-state index < -0.39 is 6.17 Å². The van der Waals surface area contributed by atoms with Gasteiger partial charge in [0.1, 0.15) is 0 Å². The molecule has 0 aliphatic heterocycles. The van der Waals surface area contributed by atoms with Gasteiger partial charge in [-0.2, -0.15) is 0 Å². The Kier molecular flexibility index (Phi) is 4.97. The highest BCUT2D eigenvalue weighted by atomic mass is 19.1. The van der Waals surface area contributed by atoms with Crippen molar-refractivity contribution in [2.24, 2.45) is 0 Å². The number of hydrogen-bond donors (Lipinski definition) is 0. The summed E-state index contributed by atoms with van der Waals surface area (Å²) in [6, 6.07) is 0. The van der Waals surface area contributed by atoms with Crippen molar-refractivity contribution >= 4 is 0 Å². The summed E-state index contributed by atoms with van der Waals surface area (Å²) in [7, 11) is 0. The minimum absolute atomic E-state index is 0.437. The molecular weight excluding hydrogens is 107 g/mol. The molecule has 1 unspecified atom stereocenters. The summed E-state index contributed by atoms with van der Waals surface area (Å²) in [6.45, 7) is 5.88. The van der Waals surface area contributed by atoms with E-state index in [2.05, 4.69) is 6.92 Å². The molecule has 0 aromatic rings. The summed E-state index contributed by atoms with van der Waals surface area (Å²) in [5.74, 6) is 0. The van der Waals surface area contributed by atoms with Crippen molar-refractivity contribution in [1.29, 1.82) is 0 Å². The molecule has 0 spiro atoms. The first-order valence-corrected chi connectivity index (χ1v) is 2.78. The Labute approximate surface area is 49.8 Å². The fourth-order valence-electron chi connectivity index (χ4n) is 0.348. The molecule has 1 nitrogen and oxygen atoms in total. The van der Waals surface area contributed by atoms with Crippen LogP contribution in [0, 0.1) is 6.92 Å². The zero-order valence-corrected chi connectivity index (χ0v) is 5.19. The molecule has 0 aliphatic rings. The standard InChI is InChI=1S/C6H12FO/c1-3-8-5-4-6(2)7/h6H,1,3-5H2,2H3. The second kappa shape index (κ2) is 5.04. The van der Waals surface area contributed by atoms with Gasteiger partial charge in [-0.15, -0.1) is 0 Å². The highest BCUT2D eigenvalue weighted by molar-refractivity contribution is 4.44. The molecule has 0 aromatic carbocycles. The Morgan fingerprint density at radius 3 is 2.75 bits per heavy atom. The van der Waals surface area contributed by atoms with E-state index in [1.165, 1.54) is 6.92 Å². The van der Waals surface area contributed by atoms with Gasteiger partial charge in [0, 0.05) is 19.6 Å². The molecule has 0 amide bonds. The monoisotopic (exact) mass is 119 g/mol. The Balaban J connectivity index is 2.72. The van der Waals surface area contributed by atoms with Crippen LogP contribution in [0.4, 0.5) is 4.39 Å². The van der Waals surface area contributed by atoms with E-state index in [9.17, 15) is 4.39 Å².